The number of hydrogen-bond acceptors (Lipinski definition) is 3. The second-order valence-corrected chi connectivity index (χ2v) is 2.52. The summed E-state index contributed by atoms with van der Waals surface area (Å²) in [5.41, 5.74) is 0. The fourth-order valence-corrected chi connectivity index (χ4v) is 1.02. The Morgan fingerprint density at radius 1 is 1.71 bits per heavy atom. The molecule has 0 unspecified atom stereocenters. The molecular formula is C3H4IN3. The van der Waals surface area contributed by atoms with Crippen LogP contribution < -0.4 is 0 Å². The molecule has 1 heterocycles. The fourth-order valence-electron chi connectivity index (χ4n) is 0.223. The lowest BCUT2D eigenvalue weighted by Crippen LogP contribution is -1.83. The summed E-state index contributed by atoms with van der Waals surface area (Å²) in [6.45, 7) is 1.88. The Bertz CT molecular complexity index is 146. The van der Waals surface area contributed by atoms with E-state index >= 15 is 0 Å². The van der Waals surface area contributed by atoms with Gasteiger partial charge >= 0.3 is 0 Å². The van der Waals surface area contributed by atoms with Crippen molar-refractivity contribution in [2.24, 2.45) is 11.3 Å². The van der Waals surface area contributed by atoms with Crippen molar-refractivity contribution in [2.45, 2.75) is 6.92 Å². The van der Waals surface area contributed by atoms with Crippen LogP contribution in [0.1, 0.15) is 6.92 Å². The molecule has 38 valence electrons. The highest BCUT2D eigenvalue weighted by Gasteiger charge is 1.83. The molecule has 0 bridgehead atoms. The van der Waals surface area contributed by atoms with Gasteiger partial charge < -0.3 is 0 Å². The van der Waals surface area contributed by atoms with Crippen LogP contribution in [0, 0.1) is 0 Å². The number of hydrogen-bond donors (Lipinski definition) is 0. The molecule has 0 N–H and O–H groups in total. The maximum Gasteiger partial charge on any atom is 0.146 e. The minimum atomic E-state index is -0.262. The number of nitrogens with zero attached hydrogens (tertiary/aromatic N) is 3. The summed E-state index contributed by atoms with van der Waals surface area (Å²) in [6.07, 6.45) is 1.58. The average Bonchev–Trinajstić information content (AvgIpc) is 1.69. The van der Waals surface area contributed by atoms with Gasteiger partial charge in [0.05, 0.1) is 0 Å². The summed E-state index contributed by atoms with van der Waals surface area (Å²) < 4.78 is 7.85. The molecule has 0 spiro atoms. The van der Waals surface area contributed by atoms with E-state index in [0.717, 1.165) is 5.84 Å². The van der Waals surface area contributed by atoms with Gasteiger partial charge in [0.25, 0.3) is 0 Å². The second kappa shape index (κ2) is 2.25. The molecule has 3 nitrogen and oxygen atoms in total. The molecule has 0 amide bonds. The molecule has 0 aromatic rings. The molecule has 1 aliphatic rings. The summed E-state index contributed by atoms with van der Waals surface area (Å²) >= 11 is -0.262. The Kier molecular flexibility index (Phi) is 1.61. The van der Waals surface area contributed by atoms with Crippen LogP contribution in [-0.4, -0.2) is 12.2 Å². The zero-order valence-corrected chi connectivity index (χ0v) is 5.95. The van der Waals surface area contributed by atoms with Crippen molar-refractivity contribution in [1.29, 1.82) is 0 Å². The lowest BCUT2D eigenvalue weighted by atomic mass is 10.7. The van der Waals surface area contributed by atoms with Crippen molar-refractivity contribution < 1.29 is 0 Å². The van der Waals surface area contributed by atoms with Gasteiger partial charge in [-0.15, -0.1) is 0 Å². The van der Waals surface area contributed by atoms with Crippen molar-refractivity contribution >= 4 is 33.5 Å². The average molecular weight is 209 g/mol. The van der Waals surface area contributed by atoms with Crippen LogP contribution in [0.25, 0.3) is 0 Å². The molecule has 1 rings (SSSR count). The normalized spacial score (nSPS) is 18.1. The van der Waals surface area contributed by atoms with E-state index in [4.69, 9.17) is 0 Å². The fraction of sp³-hybridized carbons (Fsp3) is 0.333. The van der Waals surface area contributed by atoms with Gasteiger partial charge in [-0.05, 0) is 6.92 Å². The van der Waals surface area contributed by atoms with Crippen molar-refractivity contribution in [3.63, 3.8) is 0 Å². The topological polar surface area (TPSA) is 37.1 Å². The van der Waals surface area contributed by atoms with E-state index in [1.165, 1.54) is 0 Å². The first kappa shape index (κ1) is 5.02. The quantitative estimate of drug-likeness (QED) is 0.542. The van der Waals surface area contributed by atoms with Gasteiger partial charge in [0, 0.05) is 0 Å². The number of halogens is 1. The Labute approximate surface area is 52.1 Å². The molecule has 0 saturated carbocycles. The SMILES string of the molecule is CC1=NC=NI=N1. The van der Waals surface area contributed by atoms with Crippen LogP contribution in [0.2, 0.25) is 0 Å². The highest BCUT2D eigenvalue weighted by molar-refractivity contribution is 14.1. The Hall–Kier alpha value is -0.130. The molecule has 0 fully saturated rings. The van der Waals surface area contributed by atoms with Gasteiger partial charge in [-0.25, -0.2) is 4.99 Å². The van der Waals surface area contributed by atoms with E-state index < -0.39 is 0 Å². The minimum Gasteiger partial charge on any atom is -0.221 e. The smallest absolute Gasteiger partial charge is 0.146 e. The largest absolute Gasteiger partial charge is 0.221 e. The van der Waals surface area contributed by atoms with Crippen molar-refractivity contribution in [3.05, 3.63) is 0 Å². The van der Waals surface area contributed by atoms with Crippen LogP contribution >= 0.6 is 21.3 Å². The number of amidine groups is 1. The Balaban J connectivity index is 2.82. The third-order valence-corrected chi connectivity index (χ3v) is 1.90. The highest BCUT2D eigenvalue weighted by atomic mass is 127. The summed E-state index contributed by atoms with van der Waals surface area (Å²) in [5, 5.41) is 0. The van der Waals surface area contributed by atoms with Crippen molar-refractivity contribution in [3.8, 4) is 0 Å². The van der Waals surface area contributed by atoms with Gasteiger partial charge in [-0.1, -0.05) is 0 Å². The van der Waals surface area contributed by atoms with Crippen LogP contribution in [0.5, 0.6) is 0 Å². The van der Waals surface area contributed by atoms with Gasteiger partial charge in [-0.2, -0.15) is 6.35 Å². The third kappa shape index (κ3) is 1.42. The summed E-state index contributed by atoms with van der Waals surface area (Å²) in [7, 11) is 0. The van der Waals surface area contributed by atoms with Crippen LogP contribution in [0.15, 0.2) is 11.3 Å². The lowest BCUT2D eigenvalue weighted by molar-refractivity contribution is 1.58. The van der Waals surface area contributed by atoms with Crippen LogP contribution in [0.4, 0.5) is 0 Å². The van der Waals surface area contributed by atoms with E-state index in [2.05, 4.69) is 11.3 Å². The molecule has 0 aliphatic carbocycles. The predicted molar refractivity (Wildman–Crippen MR) is 38.0 cm³/mol. The van der Waals surface area contributed by atoms with E-state index in [1.54, 1.807) is 6.34 Å². The molecular weight excluding hydrogens is 205 g/mol. The zero-order valence-electron chi connectivity index (χ0n) is 3.80. The molecule has 7 heavy (non-hydrogen) atoms. The first-order valence-electron chi connectivity index (χ1n) is 1.80. The highest BCUT2D eigenvalue weighted by Crippen LogP contribution is 2.05. The molecule has 4 heteroatoms. The van der Waals surface area contributed by atoms with E-state index in [0.29, 0.717) is 0 Å². The summed E-state index contributed by atoms with van der Waals surface area (Å²) in [4.78, 5) is 3.82. The molecule has 0 aromatic heterocycles. The maximum atomic E-state index is 3.99. The first-order chi connectivity index (χ1) is 3.39. The molecule has 0 radical (unpaired) electrons. The van der Waals surface area contributed by atoms with E-state index in [9.17, 15) is 0 Å². The van der Waals surface area contributed by atoms with Crippen molar-refractivity contribution in [2.75, 3.05) is 0 Å². The molecule has 0 aromatic carbocycles. The zero-order chi connectivity index (χ0) is 5.11. The van der Waals surface area contributed by atoms with E-state index in [1.807, 2.05) is 6.92 Å². The molecule has 1 aliphatic heterocycles. The Morgan fingerprint density at radius 2 is 2.57 bits per heavy atom. The van der Waals surface area contributed by atoms with Crippen molar-refractivity contribution in [1.82, 2.24) is 0 Å². The van der Waals surface area contributed by atoms with Gasteiger partial charge in [0.2, 0.25) is 0 Å². The number of rotatable bonds is 0. The molecule has 0 saturated heterocycles. The third-order valence-electron chi connectivity index (χ3n) is 0.492. The molecule has 0 atom stereocenters. The Morgan fingerprint density at radius 3 is 2.86 bits per heavy atom. The standard InChI is InChI=1S/C3H4IN3/c1-3-5-2-6-4-7-3/h2H,1H3. The predicted octanol–water partition coefficient (Wildman–Crippen LogP) is 1.52. The maximum absolute atomic E-state index is 3.99. The lowest BCUT2D eigenvalue weighted by Gasteiger charge is -1.86. The van der Waals surface area contributed by atoms with Gasteiger partial charge in [0.15, 0.2) is 0 Å². The van der Waals surface area contributed by atoms with Gasteiger partial charge in [0.1, 0.15) is 33.5 Å². The van der Waals surface area contributed by atoms with E-state index in [-0.39, 0.29) is 21.3 Å². The summed E-state index contributed by atoms with van der Waals surface area (Å²) in [5.74, 6) is 0.864. The second-order valence-electron chi connectivity index (χ2n) is 1.05. The first-order valence-corrected chi connectivity index (χ1v) is 3.73. The monoisotopic (exact) mass is 209 g/mol. The van der Waals surface area contributed by atoms with Crippen LogP contribution in [0.3, 0.4) is 0 Å². The van der Waals surface area contributed by atoms with Crippen LogP contribution in [-0.2, 0) is 0 Å². The van der Waals surface area contributed by atoms with Gasteiger partial charge in [-0.3, -0.25) is 0 Å². The number of aliphatic imine (C=N–C) groups is 1. The minimum absolute atomic E-state index is 0.262. The summed E-state index contributed by atoms with van der Waals surface area (Å²) in [6, 6.07) is 0.